The summed E-state index contributed by atoms with van der Waals surface area (Å²) in [5.74, 6) is 0. The number of halogens is 1. The Balaban J connectivity index is 1.75. The minimum absolute atomic E-state index is 0.283. The van der Waals surface area contributed by atoms with Gasteiger partial charge in [-0.05, 0) is 49.9 Å². The summed E-state index contributed by atoms with van der Waals surface area (Å²) in [6.07, 6.45) is 4.42. The van der Waals surface area contributed by atoms with Crippen molar-refractivity contribution in [1.82, 2.24) is 25.1 Å². The number of aromatic nitrogens is 4. The summed E-state index contributed by atoms with van der Waals surface area (Å²) in [5, 5.41) is 11.5. The van der Waals surface area contributed by atoms with E-state index in [1.54, 1.807) is 19.3 Å². The van der Waals surface area contributed by atoms with E-state index in [-0.39, 0.29) is 6.03 Å². The van der Waals surface area contributed by atoms with Crippen molar-refractivity contribution in [3.8, 4) is 27.5 Å². The van der Waals surface area contributed by atoms with Crippen molar-refractivity contribution in [2.75, 3.05) is 12.4 Å². The average Bonchev–Trinajstić information content (AvgIpc) is 3.31. The number of amides is 2. The number of hydrogen-bond donors (Lipinski definition) is 2. The maximum atomic E-state index is 11.9. The van der Waals surface area contributed by atoms with Crippen LogP contribution in [-0.4, -0.2) is 32.8 Å². The van der Waals surface area contributed by atoms with Crippen molar-refractivity contribution in [2.24, 2.45) is 0 Å². The molecule has 5 rings (SSSR count). The zero-order valence-corrected chi connectivity index (χ0v) is 19.2. The highest BCUT2D eigenvalue weighted by molar-refractivity contribution is 7.19. The predicted octanol–water partition coefficient (Wildman–Crippen LogP) is 5.26. The van der Waals surface area contributed by atoms with Crippen LogP contribution in [0.2, 0.25) is 5.15 Å². The quantitative estimate of drug-likeness (QED) is 0.405. The van der Waals surface area contributed by atoms with Gasteiger partial charge < -0.3 is 5.32 Å². The first-order valence-corrected chi connectivity index (χ1v) is 11.5. The average molecular weight is 465 g/mol. The van der Waals surface area contributed by atoms with Gasteiger partial charge in [0.25, 0.3) is 0 Å². The third kappa shape index (κ3) is 3.65. The fraction of sp³-hybridized carbons (Fsp3) is 0.217. The Kier molecular flexibility index (Phi) is 5.40. The van der Waals surface area contributed by atoms with E-state index in [4.69, 9.17) is 21.7 Å². The zero-order valence-electron chi connectivity index (χ0n) is 17.6. The Morgan fingerprint density at radius 3 is 2.78 bits per heavy atom. The minimum atomic E-state index is -0.283. The highest BCUT2D eigenvalue weighted by Crippen LogP contribution is 2.43. The number of nitrogens with zero attached hydrogens (tertiary/aromatic N) is 4. The molecule has 2 amide bonds. The lowest BCUT2D eigenvalue weighted by molar-refractivity contribution is 0.254. The number of pyridine rings is 1. The maximum Gasteiger partial charge on any atom is 0.320 e. The second-order valence-electron chi connectivity index (χ2n) is 7.60. The van der Waals surface area contributed by atoms with Crippen molar-refractivity contribution < 1.29 is 4.79 Å². The van der Waals surface area contributed by atoms with Crippen molar-refractivity contribution in [2.45, 2.75) is 26.2 Å². The van der Waals surface area contributed by atoms with Crippen LogP contribution in [0.1, 0.15) is 23.2 Å². The molecule has 0 saturated heterocycles. The summed E-state index contributed by atoms with van der Waals surface area (Å²) < 4.78 is 2.01. The molecule has 4 aromatic rings. The summed E-state index contributed by atoms with van der Waals surface area (Å²) >= 11 is 7.51. The zero-order chi connectivity index (χ0) is 22.2. The fourth-order valence-electron chi connectivity index (χ4n) is 4.00. The van der Waals surface area contributed by atoms with E-state index in [2.05, 4.69) is 34.7 Å². The van der Waals surface area contributed by atoms with Gasteiger partial charge in [-0.25, -0.2) is 19.4 Å². The van der Waals surface area contributed by atoms with Gasteiger partial charge in [-0.2, -0.15) is 5.10 Å². The van der Waals surface area contributed by atoms with Crippen LogP contribution in [0, 0.1) is 6.92 Å². The predicted molar refractivity (Wildman–Crippen MR) is 128 cm³/mol. The highest BCUT2D eigenvalue weighted by atomic mass is 35.5. The highest BCUT2D eigenvalue weighted by Gasteiger charge is 2.29. The van der Waals surface area contributed by atoms with E-state index >= 15 is 0 Å². The van der Waals surface area contributed by atoms with Crippen LogP contribution in [0.5, 0.6) is 0 Å². The number of fused-ring (bicyclic) bond motifs is 3. The van der Waals surface area contributed by atoms with Crippen molar-refractivity contribution in [3.63, 3.8) is 0 Å². The number of para-hydroxylation sites is 1. The maximum absolute atomic E-state index is 11.9. The lowest BCUT2D eigenvalue weighted by Gasteiger charge is -2.10. The number of thiazole rings is 1. The summed E-state index contributed by atoms with van der Waals surface area (Å²) in [6, 6.07) is 11.7. The molecule has 3 aromatic heterocycles. The van der Waals surface area contributed by atoms with E-state index < -0.39 is 0 Å². The summed E-state index contributed by atoms with van der Waals surface area (Å²) in [7, 11) is 1.59. The van der Waals surface area contributed by atoms with E-state index in [1.807, 2.05) is 22.9 Å². The van der Waals surface area contributed by atoms with Crippen LogP contribution in [-0.2, 0) is 12.8 Å². The topological polar surface area (TPSA) is 84.7 Å². The van der Waals surface area contributed by atoms with E-state index in [0.29, 0.717) is 10.3 Å². The monoisotopic (exact) mass is 464 g/mol. The number of rotatable bonds is 3. The molecule has 0 unspecified atom stereocenters. The van der Waals surface area contributed by atoms with Crippen molar-refractivity contribution in [3.05, 3.63) is 64.6 Å². The minimum Gasteiger partial charge on any atom is -0.341 e. The molecule has 1 aliphatic carbocycles. The Bertz CT molecular complexity index is 1310. The molecule has 7 nitrogen and oxygen atoms in total. The third-order valence-electron chi connectivity index (χ3n) is 5.53. The molecule has 1 aromatic carbocycles. The largest absolute Gasteiger partial charge is 0.341 e. The molecular formula is C23H21ClN6OS. The molecule has 3 heterocycles. The second kappa shape index (κ2) is 8.37. The molecule has 9 heteroatoms. The van der Waals surface area contributed by atoms with Gasteiger partial charge in [0.1, 0.15) is 5.15 Å². The normalized spacial score (nSPS) is 12.6. The first-order valence-electron chi connectivity index (χ1n) is 10.3. The van der Waals surface area contributed by atoms with Gasteiger partial charge in [-0.1, -0.05) is 41.1 Å². The molecule has 0 atom stereocenters. The van der Waals surface area contributed by atoms with Crippen LogP contribution in [0.15, 0.2) is 42.6 Å². The first kappa shape index (κ1) is 20.7. The molecule has 0 bridgehead atoms. The molecule has 1 aliphatic rings. The van der Waals surface area contributed by atoms with Crippen molar-refractivity contribution in [1.29, 1.82) is 0 Å². The number of carbonyl (C=O) groups excluding carboxylic acids is 1. The first-order chi connectivity index (χ1) is 15.5. The standard InChI is InChI=1S/C23H21ClN6OS/c1-13-6-3-4-9-17(13)30-20-15(19(29-30)14-10-11-18(24)26-12-14)7-5-8-16-21(20)32-23(27-16)28-22(31)25-2/h3-4,6,9-12H,5,7-8H2,1-2H3,(H2,25,27,28,31). The van der Waals surface area contributed by atoms with E-state index in [1.165, 1.54) is 11.3 Å². The van der Waals surface area contributed by atoms with Crippen LogP contribution >= 0.6 is 22.9 Å². The third-order valence-corrected chi connectivity index (χ3v) is 6.77. The number of urea groups is 1. The van der Waals surface area contributed by atoms with Crippen LogP contribution in [0.25, 0.3) is 27.5 Å². The van der Waals surface area contributed by atoms with Gasteiger partial charge in [0, 0.05) is 24.4 Å². The van der Waals surface area contributed by atoms with Gasteiger partial charge >= 0.3 is 6.03 Å². The molecule has 0 saturated carbocycles. The second-order valence-corrected chi connectivity index (χ2v) is 8.98. The lowest BCUT2D eigenvalue weighted by atomic mass is 10.0. The molecule has 0 aliphatic heterocycles. The van der Waals surface area contributed by atoms with E-state index in [9.17, 15) is 4.79 Å². The number of aryl methyl sites for hydroxylation is 2. The van der Waals surface area contributed by atoms with Crippen LogP contribution in [0.3, 0.4) is 0 Å². The van der Waals surface area contributed by atoms with E-state index in [0.717, 1.165) is 63.6 Å². The van der Waals surface area contributed by atoms with Gasteiger partial charge in [-0.15, -0.1) is 0 Å². The van der Waals surface area contributed by atoms with Gasteiger partial charge in [-0.3, -0.25) is 5.32 Å². The number of nitrogens with one attached hydrogen (secondary N) is 2. The summed E-state index contributed by atoms with van der Waals surface area (Å²) in [6.45, 7) is 2.08. The Morgan fingerprint density at radius 2 is 2.03 bits per heavy atom. The Hall–Kier alpha value is -3.23. The molecule has 2 N–H and O–H groups in total. The van der Waals surface area contributed by atoms with Gasteiger partial charge in [0.15, 0.2) is 5.13 Å². The number of hydrogen-bond acceptors (Lipinski definition) is 5. The number of carbonyl (C=O) groups is 1. The molecule has 0 fully saturated rings. The lowest BCUT2D eigenvalue weighted by Crippen LogP contribution is -2.24. The smallest absolute Gasteiger partial charge is 0.320 e. The molecule has 162 valence electrons. The van der Waals surface area contributed by atoms with Crippen molar-refractivity contribution >= 4 is 34.1 Å². The van der Waals surface area contributed by atoms with Gasteiger partial charge in [0.05, 0.1) is 27.6 Å². The van der Waals surface area contributed by atoms with Crippen LogP contribution in [0.4, 0.5) is 9.93 Å². The summed E-state index contributed by atoms with van der Waals surface area (Å²) in [5.41, 5.74) is 7.13. The number of anilines is 1. The Labute approximate surface area is 194 Å². The van der Waals surface area contributed by atoms with Crippen LogP contribution < -0.4 is 10.6 Å². The molecular weight excluding hydrogens is 444 g/mol. The fourth-order valence-corrected chi connectivity index (χ4v) is 5.17. The Morgan fingerprint density at radius 1 is 1.19 bits per heavy atom. The van der Waals surface area contributed by atoms with Gasteiger partial charge in [0.2, 0.25) is 0 Å². The molecule has 0 spiro atoms. The number of benzene rings is 1. The molecule has 0 radical (unpaired) electrons. The summed E-state index contributed by atoms with van der Waals surface area (Å²) in [4.78, 5) is 21.9. The molecule has 32 heavy (non-hydrogen) atoms. The SMILES string of the molecule is CNC(=O)Nc1nc2c(s1)-c1c(c(-c3ccc(Cl)nc3)nn1-c1ccccc1C)CCC2.